The van der Waals surface area contributed by atoms with Crippen molar-refractivity contribution >= 4 is 42.0 Å². The summed E-state index contributed by atoms with van der Waals surface area (Å²) in [5.74, 6) is 1.22. The van der Waals surface area contributed by atoms with Gasteiger partial charge in [-0.05, 0) is 84.2 Å². The van der Waals surface area contributed by atoms with Crippen LogP contribution in [0.4, 0.5) is 11.4 Å². The van der Waals surface area contributed by atoms with E-state index in [0.29, 0.717) is 29.4 Å². The molecule has 5 N–H and O–H groups in total. The maximum Gasteiger partial charge on any atom is 0.251 e. The van der Waals surface area contributed by atoms with Gasteiger partial charge in [-0.2, -0.15) is 0 Å². The second-order valence-corrected chi connectivity index (χ2v) is 12.9. The number of benzene rings is 1. The molecule has 6 aliphatic rings. The maximum atomic E-state index is 12.2. The second-order valence-electron chi connectivity index (χ2n) is 10.5. The number of allylic oxidation sites excluding steroid dienone is 1. The van der Waals surface area contributed by atoms with Crippen LogP contribution in [0, 0.1) is 17.8 Å². The molecule has 4 bridgehead atoms. The zero-order chi connectivity index (χ0) is 23.3. The molecule has 0 radical (unpaired) electrons. The molecule has 5 fully saturated rings. The number of nitrogens with zero attached hydrogens (tertiary/aromatic N) is 1. The predicted molar refractivity (Wildman–Crippen MR) is 143 cm³/mol. The molecule has 1 amide bonds. The van der Waals surface area contributed by atoms with Crippen LogP contribution in [0.15, 0.2) is 45.3 Å². The van der Waals surface area contributed by atoms with Crippen LogP contribution in [0.25, 0.3) is 0 Å². The van der Waals surface area contributed by atoms with Gasteiger partial charge in [0.1, 0.15) is 0 Å². The number of hydrogen-bond donors (Lipinski definition) is 4. The summed E-state index contributed by atoms with van der Waals surface area (Å²) in [5.41, 5.74) is 9.03. The van der Waals surface area contributed by atoms with Crippen LogP contribution in [0.3, 0.4) is 0 Å². The van der Waals surface area contributed by atoms with Crippen molar-refractivity contribution in [2.45, 2.75) is 43.7 Å². The van der Waals surface area contributed by atoms with E-state index in [0.717, 1.165) is 60.7 Å². The lowest BCUT2D eigenvalue weighted by atomic mass is 9.52. The van der Waals surface area contributed by atoms with Crippen LogP contribution in [0.5, 0.6) is 0 Å². The van der Waals surface area contributed by atoms with Gasteiger partial charge in [0.15, 0.2) is 0 Å². The van der Waals surface area contributed by atoms with Crippen molar-refractivity contribution in [1.29, 1.82) is 0 Å². The summed E-state index contributed by atoms with van der Waals surface area (Å²) in [6, 6.07) is 8.85. The van der Waals surface area contributed by atoms with Crippen molar-refractivity contribution in [3.8, 4) is 0 Å². The van der Waals surface area contributed by atoms with Gasteiger partial charge in [0.2, 0.25) is 0 Å². The standard InChI is InChI=1S/C26H33IN4O3/c28-25(32)21-15-27-23(29-19-1-3-20(4-2-19)31-5-7-34-8-6-31)11-22(21)30-24-17-9-16-10-18(24)14-26(33,12-16)13-17/h1-4,11,15-18,24,29-30,33H,5-10,12-14H2,(H2,28,32)/t16?,17-,18+,24?,26?. The second kappa shape index (κ2) is 8.95. The molecule has 0 aromatic heterocycles. The fourth-order valence-electron chi connectivity index (χ4n) is 6.89. The molecule has 7 nitrogen and oxygen atoms in total. The summed E-state index contributed by atoms with van der Waals surface area (Å²) in [7, 11) is 0. The molecule has 4 aliphatic carbocycles. The van der Waals surface area contributed by atoms with E-state index in [-0.39, 0.29) is 5.91 Å². The Balaban J connectivity index is 1.18. The van der Waals surface area contributed by atoms with E-state index in [1.165, 1.54) is 18.5 Å². The third kappa shape index (κ3) is 4.40. The minimum Gasteiger partial charge on any atom is -0.390 e. The Labute approximate surface area is 210 Å². The van der Waals surface area contributed by atoms with Crippen molar-refractivity contribution in [2.24, 2.45) is 23.5 Å². The lowest BCUT2D eigenvalue weighted by Crippen LogP contribution is -2.60. The van der Waals surface area contributed by atoms with Crippen molar-refractivity contribution in [2.75, 3.05) is 36.5 Å². The smallest absolute Gasteiger partial charge is 0.251 e. The van der Waals surface area contributed by atoms with Gasteiger partial charge in [-0.1, -0.05) is 20.7 Å². The van der Waals surface area contributed by atoms with Crippen LogP contribution in [0.2, 0.25) is 0 Å². The fraction of sp³-hybridized carbons (Fsp3) is 0.538. The Hall–Kier alpha value is -1.91. The fourth-order valence-corrected chi connectivity index (χ4v) is 9.14. The van der Waals surface area contributed by atoms with E-state index < -0.39 is 26.3 Å². The van der Waals surface area contributed by atoms with Crippen molar-refractivity contribution in [3.05, 3.63) is 45.3 Å². The monoisotopic (exact) mass is 576 g/mol. The quantitative estimate of drug-likeness (QED) is 0.307. The Morgan fingerprint density at radius 2 is 1.82 bits per heavy atom. The third-order valence-corrected chi connectivity index (χ3v) is 10.4. The van der Waals surface area contributed by atoms with Gasteiger partial charge < -0.3 is 31.1 Å². The topological polar surface area (TPSA) is 99.9 Å². The number of nitrogens with two attached hydrogens (primary N) is 1. The SMILES string of the molecule is NC(=O)C1=C(NC2[C@@H]3CC4C[C@H]2CC(O)(C4)C3)C=C(Nc2ccc(N3CCOCC3)cc2)I=C1. The minimum absolute atomic E-state index is 0.302. The molecule has 5 atom stereocenters. The highest BCUT2D eigenvalue weighted by Crippen LogP contribution is 2.55. The van der Waals surface area contributed by atoms with Crippen molar-refractivity contribution in [1.82, 2.24) is 5.32 Å². The normalized spacial score (nSPS) is 34.5. The Kier molecular flexibility index (Phi) is 5.93. The maximum absolute atomic E-state index is 12.2. The van der Waals surface area contributed by atoms with Crippen LogP contribution in [-0.2, 0) is 9.53 Å². The number of anilines is 2. The predicted octanol–water partition coefficient (Wildman–Crippen LogP) is 2.83. The van der Waals surface area contributed by atoms with Crippen molar-refractivity contribution in [3.63, 3.8) is 0 Å². The number of halogens is 1. The van der Waals surface area contributed by atoms with Gasteiger partial charge in [0.25, 0.3) is 5.91 Å². The van der Waals surface area contributed by atoms with E-state index in [2.05, 4.69) is 45.9 Å². The van der Waals surface area contributed by atoms with Crippen LogP contribution >= 0.6 is 20.7 Å². The first-order chi connectivity index (χ1) is 16.5. The number of ether oxygens (including phenoxy) is 1. The van der Waals surface area contributed by atoms with Gasteiger partial charge >= 0.3 is 0 Å². The molecule has 2 heterocycles. The summed E-state index contributed by atoms with van der Waals surface area (Å²) < 4.78 is 8.64. The number of rotatable bonds is 6. The first kappa shape index (κ1) is 22.5. The van der Waals surface area contributed by atoms with Gasteiger partial charge in [-0.3, -0.25) is 4.79 Å². The van der Waals surface area contributed by atoms with E-state index in [4.69, 9.17) is 10.5 Å². The number of morpholine rings is 1. The summed E-state index contributed by atoms with van der Waals surface area (Å²) in [6.07, 6.45) is 7.17. The molecule has 1 saturated heterocycles. The number of carbonyl (C=O) groups excluding carboxylic acids is 1. The summed E-state index contributed by atoms with van der Waals surface area (Å²) in [6.45, 7) is 3.41. The average Bonchev–Trinajstić information content (AvgIpc) is 2.81. The summed E-state index contributed by atoms with van der Waals surface area (Å²) in [4.78, 5) is 14.6. The first-order valence-electron chi connectivity index (χ1n) is 12.4. The molecular weight excluding hydrogens is 543 g/mol. The highest BCUT2D eigenvalue weighted by molar-refractivity contribution is 14.2. The van der Waals surface area contributed by atoms with Gasteiger partial charge in [-0.15, -0.1) is 0 Å². The number of primary amides is 1. The molecule has 34 heavy (non-hydrogen) atoms. The number of aliphatic hydroxyl groups is 1. The number of amides is 1. The highest BCUT2D eigenvalue weighted by atomic mass is 127. The molecule has 7 rings (SSSR count). The van der Waals surface area contributed by atoms with Gasteiger partial charge in [0, 0.05) is 30.5 Å². The van der Waals surface area contributed by atoms with E-state index in [1.807, 2.05) is 4.01 Å². The van der Waals surface area contributed by atoms with Crippen LogP contribution < -0.4 is 21.3 Å². The zero-order valence-electron chi connectivity index (χ0n) is 19.3. The minimum atomic E-state index is -0.485. The largest absolute Gasteiger partial charge is 0.390 e. The Morgan fingerprint density at radius 3 is 2.47 bits per heavy atom. The van der Waals surface area contributed by atoms with Gasteiger partial charge in [0.05, 0.1) is 33.8 Å². The third-order valence-electron chi connectivity index (χ3n) is 8.18. The molecular formula is C26H33IN4O3. The van der Waals surface area contributed by atoms with Crippen LogP contribution in [0.1, 0.15) is 32.1 Å². The average molecular weight is 576 g/mol. The van der Waals surface area contributed by atoms with E-state index in [1.54, 1.807) is 0 Å². The molecule has 1 aromatic carbocycles. The lowest BCUT2D eigenvalue weighted by molar-refractivity contribution is -0.137. The molecule has 1 aromatic rings. The molecule has 2 aliphatic heterocycles. The van der Waals surface area contributed by atoms with Gasteiger partial charge in [-0.25, -0.2) is 0 Å². The number of hydrogen-bond acceptors (Lipinski definition) is 6. The Bertz CT molecular complexity index is 1040. The molecule has 8 heteroatoms. The molecule has 0 spiro atoms. The molecule has 182 valence electrons. The van der Waals surface area contributed by atoms with Crippen LogP contribution in [-0.4, -0.2) is 53.0 Å². The number of carbonyl (C=O) groups is 1. The molecule has 3 unspecified atom stereocenters. The number of nitrogens with one attached hydrogen (secondary N) is 2. The highest BCUT2D eigenvalue weighted by Gasteiger charge is 2.54. The Morgan fingerprint density at radius 1 is 1.12 bits per heavy atom. The van der Waals surface area contributed by atoms with Crippen molar-refractivity contribution < 1.29 is 14.6 Å². The summed E-state index contributed by atoms with van der Waals surface area (Å²) in [5, 5.41) is 18.2. The lowest BCUT2D eigenvalue weighted by Gasteiger charge is -2.58. The zero-order valence-corrected chi connectivity index (χ0v) is 21.5. The van der Waals surface area contributed by atoms with E-state index in [9.17, 15) is 9.90 Å². The van der Waals surface area contributed by atoms with E-state index >= 15 is 0 Å². The first-order valence-corrected chi connectivity index (χ1v) is 14.7. The molecule has 4 saturated carbocycles. The summed E-state index contributed by atoms with van der Waals surface area (Å²) >= 11 is -0.485.